The minimum Gasteiger partial charge on any atom is -0.273 e. The predicted octanol–water partition coefficient (Wildman–Crippen LogP) is 1.25. The van der Waals surface area contributed by atoms with Gasteiger partial charge in [0.05, 0.1) is 0 Å². The molecule has 4 nitrogen and oxygen atoms in total. The highest BCUT2D eigenvalue weighted by Crippen LogP contribution is 2.11. The summed E-state index contributed by atoms with van der Waals surface area (Å²) in [5.74, 6) is 1.14. The number of fused-ring (bicyclic) bond motifs is 1. The molecular weight excluding hydrogens is 152 g/mol. The number of aromatic nitrogens is 4. The summed E-state index contributed by atoms with van der Waals surface area (Å²) in [7, 11) is 0. The van der Waals surface area contributed by atoms with Gasteiger partial charge in [-0.1, -0.05) is 13.8 Å². The third-order valence-electron chi connectivity index (χ3n) is 1.84. The van der Waals surface area contributed by atoms with Gasteiger partial charge in [-0.25, -0.2) is 4.98 Å². The number of nitrogens with zero attached hydrogens (tertiary/aromatic N) is 4. The van der Waals surface area contributed by atoms with Crippen LogP contribution in [0.5, 0.6) is 0 Å². The molecule has 2 rings (SSSR count). The molecule has 0 atom stereocenters. The molecule has 12 heavy (non-hydrogen) atoms. The van der Waals surface area contributed by atoms with Gasteiger partial charge in [-0.2, -0.15) is 0 Å². The SMILES string of the molecule is CC(C)c1cnc2nncn2c1. The minimum atomic E-state index is 0.490. The number of hydrogen-bond acceptors (Lipinski definition) is 3. The van der Waals surface area contributed by atoms with E-state index in [0.29, 0.717) is 11.7 Å². The Labute approximate surface area is 70.3 Å². The Balaban J connectivity index is 2.60. The van der Waals surface area contributed by atoms with Crippen molar-refractivity contribution in [2.75, 3.05) is 0 Å². The first kappa shape index (κ1) is 7.21. The van der Waals surface area contributed by atoms with Crippen molar-refractivity contribution in [2.24, 2.45) is 0 Å². The number of rotatable bonds is 1. The Kier molecular flexibility index (Phi) is 1.53. The normalized spacial score (nSPS) is 11.2. The van der Waals surface area contributed by atoms with Gasteiger partial charge in [0.25, 0.3) is 5.78 Å². The summed E-state index contributed by atoms with van der Waals surface area (Å²) in [4.78, 5) is 4.15. The first-order valence-corrected chi connectivity index (χ1v) is 3.92. The molecular formula is C8H10N4. The average Bonchev–Trinajstić information content (AvgIpc) is 2.49. The van der Waals surface area contributed by atoms with E-state index in [1.54, 1.807) is 6.33 Å². The van der Waals surface area contributed by atoms with Gasteiger partial charge in [-0.05, 0) is 11.5 Å². The van der Waals surface area contributed by atoms with E-state index in [1.807, 2.05) is 16.8 Å². The third kappa shape index (κ3) is 1.05. The topological polar surface area (TPSA) is 43.1 Å². The van der Waals surface area contributed by atoms with Crippen molar-refractivity contribution in [1.82, 2.24) is 19.6 Å². The van der Waals surface area contributed by atoms with Gasteiger partial charge >= 0.3 is 0 Å². The zero-order valence-electron chi connectivity index (χ0n) is 7.10. The second kappa shape index (κ2) is 2.55. The largest absolute Gasteiger partial charge is 0.273 e. The lowest BCUT2D eigenvalue weighted by Crippen LogP contribution is -1.94. The average molecular weight is 162 g/mol. The van der Waals surface area contributed by atoms with Gasteiger partial charge in [0.1, 0.15) is 6.33 Å². The number of hydrogen-bond donors (Lipinski definition) is 0. The van der Waals surface area contributed by atoms with E-state index in [4.69, 9.17) is 0 Å². The molecule has 2 aromatic heterocycles. The molecule has 0 aliphatic rings. The van der Waals surface area contributed by atoms with E-state index in [0.717, 1.165) is 0 Å². The fourth-order valence-corrected chi connectivity index (χ4v) is 1.04. The summed E-state index contributed by atoms with van der Waals surface area (Å²) in [5, 5.41) is 7.57. The highest BCUT2D eigenvalue weighted by Gasteiger charge is 2.01. The van der Waals surface area contributed by atoms with E-state index in [2.05, 4.69) is 29.0 Å². The van der Waals surface area contributed by atoms with Crippen LogP contribution in [-0.2, 0) is 0 Å². The molecule has 0 aliphatic heterocycles. The maximum absolute atomic E-state index is 4.15. The van der Waals surface area contributed by atoms with Crippen LogP contribution in [0.25, 0.3) is 5.78 Å². The molecule has 0 bridgehead atoms. The highest BCUT2D eigenvalue weighted by atomic mass is 15.3. The molecule has 0 aliphatic carbocycles. The Hall–Kier alpha value is -1.45. The van der Waals surface area contributed by atoms with E-state index in [1.165, 1.54) is 5.56 Å². The smallest absolute Gasteiger partial charge is 0.254 e. The Morgan fingerprint density at radius 1 is 1.42 bits per heavy atom. The quantitative estimate of drug-likeness (QED) is 0.633. The van der Waals surface area contributed by atoms with Crippen LogP contribution in [0, 0.1) is 0 Å². The third-order valence-corrected chi connectivity index (χ3v) is 1.84. The summed E-state index contributed by atoms with van der Waals surface area (Å²) in [6, 6.07) is 0. The first-order chi connectivity index (χ1) is 5.77. The molecule has 0 spiro atoms. The summed E-state index contributed by atoms with van der Waals surface area (Å²) >= 11 is 0. The van der Waals surface area contributed by atoms with Crippen molar-refractivity contribution in [2.45, 2.75) is 19.8 Å². The minimum absolute atomic E-state index is 0.490. The summed E-state index contributed by atoms with van der Waals surface area (Å²) < 4.78 is 1.83. The Morgan fingerprint density at radius 3 is 3.00 bits per heavy atom. The van der Waals surface area contributed by atoms with Crippen LogP contribution < -0.4 is 0 Å². The summed E-state index contributed by atoms with van der Waals surface area (Å²) in [5.41, 5.74) is 1.20. The fourth-order valence-electron chi connectivity index (χ4n) is 1.04. The van der Waals surface area contributed by atoms with Crippen LogP contribution in [0.1, 0.15) is 25.3 Å². The van der Waals surface area contributed by atoms with Gasteiger partial charge in [0.2, 0.25) is 0 Å². The molecule has 0 saturated heterocycles. The first-order valence-electron chi connectivity index (χ1n) is 3.92. The molecule has 0 saturated carbocycles. The maximum atomic E-state index is 4.15. The van der Waals surface area contributed by atoms with Crippen molar-refractivity contribution in [3.05, 3.63) is 24.3 Å². The van der Waals surface area contributed by atoms with Crippen LogP contribution >= 0.6 is 0 Å². The van der Waals surface area contributed by atoms with Crippen LogP contribution in [0.4, 0.5) is 0 Å². The van der Waals surface area contributed by atoms with Crippen molar-refractivity contribution in [3.63, 3.8) is 0 Å². The molecule has 0 fully saturated rings. The Morgan fingerprint density at radius 2 is 2.25 bits per heavy atom. The molecule has 0 amide bonds. The van der Waals surface area contributed by atoms with E-state index in [9.17, 15) is 0 Å². The standard InChI is InChI=1S/C8H10N4/c1-6(2)7-3-9-8-11-10-5-12(8)4-7/h3-6H,1-2H3. The zero-order valence-corrected chi connectivity index (χ0v) is 7.10. The van der Waals surface area contributed by atoms with Crippen molar-refractivity contribution < 1.29 is 0 Å². The molecule has 0 radical (unpaired) electrons. The van der Waals surface area contributed by atoms with Gasteiger partial charge in [0, 0.05) is 12.4 Å². The second-order valence-electron chi connectivity index (χ2n) is 3.08. The van der Waals surface area contributed by atoms with Crippen molar-refractivity contribution in [3.8, 4) is 0 Å². The van der Waals surface area contributed by atoms with E-state index >= 15 is 0 Å². The van der Waals surface area contributed by atoms with Crippen LogP contribution in [0.2, 0.25) is 0 Å². The molecule has 0 aromatic carbocycles. The lowest BCUT2D eigenvalue weighted by molar-refractivity contribution is 0.841. The zero-order chi connectivity index (χ0) is 8.55. The molecule has 2 aromatic rings. The summed E-state index contributed by atoms with van der Waals surface area (Å²) in [6.45, 7) is 4.26. The fraction of sp³-hybridized carbons (Fsp3) is 0.375. The second-order valence-corrected chi connectivity index (χ2v) is 3.08. The van der Waals surface area contributed by atoms with Crippen LogP contribution in [0.3, 0.4) is 0 Å². The Bertz CT molecular complexity index is 391. The van der Waals surface area contributed by atoms with E-state index < -0.39 is 0 Å². The van der Waals surface area contributed by atoms with Gasteiger partial charge in [0.15, 0.2) is 0 Å². The maximum Gasteiger partial charge on any atom is 0.254 e. The summed E-state index contributed by atoms with van der Waals surface area (Å²) in [6.07, 6.45) is 5.51. The predicted molar refractivity (Wildman–Crippen MR) is 44.9 cm³/mol. The van der Waals surface area contributed by atoms with Crippen LogP contribution in [0.15, 0.2) is 18.7 Å². The monoisotopic (exact) mass is 162 g/mol. The highest BCUT2D eigenvalue weighted by molar-refractivity contribution is 5.27. The molecule has 0 unspecified atom stereocenters. The van der Waals surface area contributed by atoms with Crippen molar-refractivity contribution >= 4 is 5.78 Å². The molecule has 4 heteroatoms. The van der Waals surface area contributed by atoms with Gasteiger partial charge in [-0.15, -0.1) is 10.2 Å². The lowest BCUT2D eigenvalue weighted by atomic mass is 10.1. The molecule has 0 N–H and O–H groups in total. The molecule has 2 heterocycles. The van der Waals surface area contributed by atoms with E-state index in [-0.39, 0.29) is 0 Å². The van der Waals surface area contributed by atoms with Gasteiger partial charge in [-0.3, -0.25) is 4.40 Å². The lowest BCUT2D eigenvalue weighted by Gasteiger charge is -2.03. The molecule has 62 valence electrons. The van der Waals surface area contributed by atoms with Gasteiger partial charge < -0.3 is 0 Å². The van der Waals surface area contributed by atoms with Crippen molar-refractivity contribution in [1.29, 1.82) is 0 Å². The van der Waals surface area contributed by atoms with Crippen LogP contribution in [-0.4, -0.2) is 19.6 Å².